The third kappa shape index (κ3) is 3.70. The maximum Gasteiger partial charge on any atom is 0.273 e. The molecule has 1 aromatic rings. The Bertz CT molecular complexity index is 623. The standard InChI is InChI=1S/C13H18N2O5S/c1-20-12-9-11(15(16)17)7-8-13(12)21(18,19)14-10-5-3-2-4-6-10/h7-10,14H,2-6H2,1H3. The fraction of sp³-hybridized carbons (Fsp3) is 0.538. The van der Waals surface area contributed by atoms with E-state index in [0.717, 1.165) is 44.2 Å². The molecule has 1 fully saturated rings. The molecule has 0 heterocycles. The molecule has 0 radical (unpaired) electrons. The molecule has 116 valence electrons. The zero-order chi connectivity index (χ0) is 15.5. The van der Waals surface area contributed by atoms with Crippen LogP contribution in [0.2, 0.25) is 0 Å². The van der Waals surface area contributed by atoms with E-state index in [1.54, 1.807) is 0 Å². The van der Waals surface area contributed by atoms with Crippen molar-refractivity contribution in [2.45, 2.75) is 43.0 Å². The van der Waals surface area contributed by atoms with Gasteiger partial charge >= 0.3 is 0 Å². The first-order valence-electron chi connectivity index (χ1n) is 6.79. The number of methoxy groups -OCH3 is 1. The van der Waals surface area contributed by atoms with Crippen molar-refractivity contribution in [3.8, 4) is 5.75 Å². The van der Waals surface area contributed by atoms with E-state index in [0.29, 0.717) is 0 Å². The lowest BCUT2D eigenvalue weighted by molar-refractivity contribution is -0.385. The normalized spacial score (nSPS) is 16.6. The summed E-state index contributed by atoms with van der Waals surface area (Å²) in [6, 6.07) is 3.42. The molecule has 0 bridgehead atoms. The van der Waals surface area contributed by atoms with Crippen LogP contribution < -0.4 is 9.46 Å². The zero-order valence-corrected chi connectivity index (χ0v) is 12.6. The second kappa shape index (κ2) is 6.40. The molecule has 0 spiro atoms. The molecule has 0 unspecified atom stereocenters. The number of nitrogens with zero attached hydrogens (tertiary/aromatic N) is 1. The lowest BCUT2D eigenvalue weighted by Crippen LogP contribution is -2.36. The van der Waals surface area contributed by atoms with Crippen molar-refractivity contribution >= 4 is 15.7 Å². The van der Waals surface area contributed by atoms with E-state index in [-0.39, 0.29) is 22.4 Å². The fourth-order valence-corrected chi connectivity index (χ4v) is 3.95. The van der Waals surface area contributed by atoms with Gasteiger partial charge in [0.1, 0.15) is 10.6 Å². The van der Waals surface area contributed by atoms with Crippen LogP contribution >= 0.6 is 0 Å². The Morgan fingerprint density at radius 2 is 1.95 bits per heavy atom. The van der Waals surface area contributed by atoms with Crippen LogP contribution in [0.3, 0.4) is 0 Å². The summed E-state index contributed by atoms with van der Waals surface area (Å²) in [7, 11) is -2.45. The molecule has 1 N–H and O–H groups in total. The van der Waals surface area contributed by atoms with Crippen molar-refractivity contribution < 1.29 is 18.1 Å². The number of benzene rings is 1. The van der Waals surface area contributed by atoms with Crippen molar-refractivity contribution in [2.75, 3.05) is 7.11 Å². The SMILES string of the molecule is COc1cc([N+](=O)[O-])ccc1S(=O)(=O)NC1CCCCC1. The Labute approximate surface area is 123 Å². The van der Waals surface area contributed by atoms with Gasteiger partial charge in [-0.3, -0.25) is 10.1 Å². The number of nitro groups is 1. The smallest absolute Gasteiger partial charge is 0.273 e. The third-order valence-corrected chi connectivity index (χ3v) is 5.13. The molecule has 1 saturated carbocycles. The van der Waals surface area contributed by atoms with Gasteiger partial charge in [-0.05, 0) is 18.9 Å². The minimum Gasteiger partial charge on any atom is -0.495 e. The molecule has 1 aliphatic rings. The van der Waals surface area contributed by atoms with E-state index in [4.69, 9.17) is 4.74 Å². The maximum absolute atomic E-state index is 12.4. The number of nitro benzene ring substituents is 1. The highest BCUT2D eigenvalue weighted by Gasteiger charge is 2.26. The Hall–Kier alpha value is -1.67. The molecular formula is C13H18N2O5S. The highest BCUT2D eigenvalue weighted by Crippen LogP contribution is 2.29. The summed E-state index contributed by atoms with van der Waals surface area (Å²) in [5.74, 6) is -0.0208. The van der Waals surface area contributed by atoms with E-state index in [2.05, 4.69) is 4.72 Å². The van der Waals surface area contributed by atoms with Crippen molar-refractivity contribution in [1.29, 1.82) is 0 Å². The first-order valence-corrected chi connectivity index (χ1v) is 8.27. The van der Waals surface area contributed by atoms with Gasteiger partial charge in [-0.25, -0.2) is 13.1 Å². The zero-order valence-electron chi connectivity index (χ0n) is 11.7. The predicted molar refractivity (Wildman–Crippen MR) is 76.8 cm³/mol. The number of nitrogens with one attached hydrogen (secondary N) is 1. The second-order valence-corrected chi connectivity index (χ2v) is 6.73. The average molecular weight is 314 g/mol. The highest BCUT2D eigenvalue weighted by molar-refractivity contribution is 7.89. The van der Waals surface area contributed by atoms with Crippen LogP contribution in [-0.4, -0.2) is 26.5 Å². The number of ether oxygens (including phenoxy) is 1. The van der Waals surface area contributed by atoms with E-state index < -0.39 is 14.9 Å². The minimum atomic E-state index is -3.74. The molecule has 8 heteroatoms. The summed E-state index contributed by atoms with van der Waals surface area (Å²) in [5.41, 5.74) is -0.205. The molecule has 0 atom stereocenters. The van der Waals surface area contributed by atoms with Gasteiger partial charge in [-0.15, -0.1) is 0 Å². The van der Waals surface area contributed by atoms with Crippen LogP contribution in [0.5, 0.6) is 5.75 Å². The Kier molecular flexibility index (Phi) is 4.79. The largest absolute Gasteiger partial charge is 0.495 e. The van der Waals surface area contributed by atoms with E-state index in [1.807, 2.05) is 0 Å². The Balaban J connectivity index is 2.28. The van der Waals surface area contributed by atoms with Gasteiger partial charge < -0.3 is 4.74 Å². The Morgan fingerprint density at radius 1 is 1.29 bits per heavy atom. The fourth-order valence-electron chi connectivity index (χ4n) is 2.50. The van der Waals surface area contributed by atoms with Crippen LogP contribution in [0.4, 0.5) is 5.69 Å². The predicted octanol–water partition coefficient (Wildman–Crippen LogP) is 2.21. The molecule has 21 heavy (non-hydrogen) atoms. The van der Waals surface area contributed by atoms with Crippen LogP contribution in [0.1, 0.15) is 32.1 Å². The lowest BCUT2D eigenvalue weighted by Gasteiger charge is -2.23. The van der Waals surface area contributed by atoms with Crippen molar-refractivity contribution in [2.24, 2.45) is 0 Å². The summed E-state index contributed by atoms with van der Waals surface area (Å²) in [5, 5.41) is 10.7. The highest BCUT2D eigenvalue weighted by atomic mass is 32.2. The molecule has 1 aromatic carbocycles. The summed E-state index contributed by atoms with van der Waals surface area (Å²) < 4.78 is 32.4. The monoisotopic (exact) mass is 314 g/mol. The van der Waals surface area contributed by atoms with E-state index in [1.165, 1.54) is 13.2 Å². The minimum absolute atomic E-state index is 0.0208. The molecular weight excluding hydrogens is 296 g/mol. The van der Waals surface area contributed by atoms with Crippen LogP contribution in [0, 0.1) is 10.1 Å². The van der Waals surface area contributed by atoms with Gasteiger partial charge in [0, 0.05) is 12.1 Å². The van der Waals surface area contributed by atoms with Crippen molar-refractivity contribution in [1.82, 2.24) is 4.72 Å². The topological polar surface area (TPSA) is 98.5 Å². The van der Waals surface area contributed by atoms with E-state index in [9.17, 15) is 18.5 Å². The summed E-state index contributed by atoms with van der Waals surface area (Å²) >= 11 is 0. The molecule has 1 aliphatic carbocycles. The quantitative estimate of drug-likeness (QED) is 0.663. The number of sulfonamides is 1. The second-order valence-electron chi connectivity index (χ2n) is 5.05. The number of hydrogen-bond donors (Lipinski definition) is 1. The first kappa shape index (κ1) is 15.7. The summed E-state index contributed by atoms with van der Waals surface area (Å²) in [6.45, 7) is 0. The van der Waals surface area contributed by atoms with Gasteiger partial charge in [0.2, 0.25) is 10.0 Å². The number of non-ortho nitro benzene ring substituents is 1. The molecule has 0 saturated heterocycles. The van der Waals surface area contributed by atoms with Gasteiger partial charge in [-0.2, -0.15) is 0 Å². The summed E-state index contributed by atoms with van der Waals surface area (Å²) in [6.07, 6.45) is 4.76. The molecule has 0 aliphatic heterocycles. The summed E-state index contributed by atoms with van der Waals surface area (Å²) in [4.78, 5) is 10.1. The van der Waals surface area contributed by atoms with E-state index >= 15 is 0 Å². The molecule has 7 nitrogen and oxygen atoms in total. The van der Waals surface area contributed by atoms with Gasteiger partial charge in [0.05, 0.1) is 18.1 Å². The molecule has 2 rings (SSSR count). The Morgan fingerprint density at radius 3 is 2.52 bits per heavy atom. The van der Waals surface area contributed by atoms with Crippen LogP contribution in [0.25, 0.3) is 0 Å². The number of rotatable bonds is 5. The molecule has 0 aromatic heterocycles. The first-order chi connectivity index (χ1) is 9.94. The molecule has 0 amide bonds. The van der Waals surface area contributed by atoms with Crippen molar-refractivity contribution in [3.63, 3.8) is 0 Å². The van der Waals surface area contributed by atoms with Gasteiger partial charge in [0.15, 0.2) is 0 Å². The van der Waals surface area contributed by atoms with Crippen molar-refractivity contribution in [3.05, 3.63) is 28.3 Å². The van der Waals surface area contributed by atoms with Gasteiger partial charge in [-0.1, -0.05) is 19.3 Å². The average Bonchev–Trinajstić information content (AvgIpc) is 2.47. The number of hydrogen-bond acceptors (Lipinski definition) is 5. The van der Waals surface area contributed by atoms with Crippen LogP contribution in [-0.2, 0) is 10.0 Å². The third-order valence-electron chi connectivity index (χ3n) is 3.57. The lowest BCUT2D eigenvalue weighted by atomic mass is 9.96. The maximum atomic E-state index is 12.4. The van der Waals surface area contributed by atoms with Gasteiger partial charge in [0.25, 0.3) is 5.69 Å². The van der Waals surface area contributed by atoms with Crippen LogP contribution in [0.15, 0.2) is 23.1 Å².